The van der Waals surface area contributed by atoms with Crippen LogP contribution in [0.15, 0.2) is 30.3 Å². The van der Waals surface area contributed by atoms with E-state index in [1.807, 2.05) is 0 Å². The summed E-state index contributed by atoms with van der Waals surface area (Å²) in [6.07, 6.45) is 0. The average molecular weight is 320 g/mol. The quantitative estimate of drug-likeness (QED) is 0.807. The summed E-state index contributed by atoms with van der Waals surface area (Å²) < 4.78 is 39.7. The molecule has 20 heavy (non-hydrogen) atoms. The Labute approximate surface area is 124 Å². The highest BCUT2D eigenvalue weighted by molar-refractivity contribution is 6.33. The Balaban J connectivity index is 2.55. The third-order valence-corrected chi connectivity index (χ3v) is 3.48. The predicted octanol–water partition coefficient (Wildman–Crippen LogP) is 4.72. The Morgan fingerprint density at radius 2 is 1.60 bits per heavy atom. The molecule has 0 radical (unpaired) electrons. The van der Waals surface area contributed by atoms with Gasteiger partial charge in [0.05, 0.1) is 6.04 Å². The van der Waals surface area contributed by atoms with E-state index >= 15 is 0 Å². The summed E-state index contributed by atoms with van der Waals surface area (Å²) in [5.74, 6) is -4.00. The molecule has 0 heterocycles. The second-order valence-corrected chi connectivity index (χ2v) is 5.03. The van der Waals surface area contributed by atoms with Gasteiger partial charge in [0, 0.05) is 10.0 Å². The maximum Gasteiger partial charge on any atom is 0.194 e. The molecule has 1 nitrogen and oxygen atoms in total. The van der Waals surface area contributed by atoms with Crippen molar-refractivity contribution in [2.45, 2.75) is 6.04 Å². The molecule has 0 spiro atoms. The van der Waals surface area contributed by atoms with Gasteiger partial charge in [0.25, 0.3) is 0 Å². The lowest BCUT2D eigenvalue weighted by Gasteiger charge is -2.19. The molecule has 1 N–H and O–H groups in total. The predicted molar refractivity (Wildman–Crippen MR) is 73.7 cm³/mol. The minimum Gasteiger partial charge on any atom is -0.309 e. The van der Waals surface area contributed by atoms with Crippen LogP contribution in [0.2, 0.25) is 10.0 Å². The molecule has 0 saturated heterocycles. The van der Waals surface area contributed by atoms with Crippen molar-refractivity contribution in [3.8, 4) is 0 Å². The van der Waals surface area contributed by atoms with Crippen molar-refractivity contribution in [2.24, 2.45) is 0 Å². The number of benzene rings is 2. The summed E-state index contributed by atoms with van der Waals surface area (Å²) in [7, 11) is 1.60. The highest BCUT2D eigenvalue weighted by Crippen LogP contribution is 2.31. The van der Waals surface area contributed by atoms with Gasteiger partial charge in [-0.25, -0.2) is 13.2 Å². The zero-order chi connectivity index (χ0) is 14.9. The Bertz CT molecular complexity index is 623. The van der Waals surface area contributed by atoms with Gasteiger partial charge < -0.3 is 5.32 Å². The first kappa shape index (κ1) is 15.2. The van der Waals surface area contributed by atoms with Gasteiger partial charge in [-0.15, -0.1) is 0 Å². The van der Waals surface area contributed by atoms with Crippen LogP contribution in [0.3, 0.4) is 0 Å². The van der Waals surface area contributed by atoms with Crippen molar-refractivity contribution >= 4 is 23.2 Å². The van der Waals surface area contributed by atoms with E-state index in [0.29, 0.717) is 15.6 Å². The number of hydrogen-bond acceptors (Lipinski definition) is 1. The van der Waals surface area contributed by atoms with Crippen LogP contribution in [0.4, 0.5) is 13.2 Å². The lowest BCUT2D eigenvalue weighted by Crippen LogP contribution is -2.19. The molecule has 0 bridgehead atoms. The van der Waals surface area contributed by atoms with Crippen LogP contribution >= 0.6 is 23.2 Å². The average Bonchev–Trinajstić information content (AvgIpc) is 2.40. The number of nitrogens with one attached hydrogen (secondary N) is 1. The monoisotopic (exact) mass is 319 g/mol. The van der Waals surface area contributed by atoms with Crippen LogP contribution in [0, 0.1) is 17.5 Å². The standard InChI is InChI=1S/C14H10Cl2F3N/c1-20-14(9-6-8(15)2-3-10(9)16)7-4-11(17)13(19)12(18)5-7/h2-6,14,20H,1H3. The molecule has 2 aromatic carbocycles. The first-order valence-electron chi connectivity index (χ1n) is 5.70. The SMILES string of the molecule is CNC(c1cc(F)c(F)c(F)c1)c1cc(Cl)ccc1Cl. The molecular weight excluding hydrogens is 310 g/mol. The van der Waals surface area contributed by atoms with E-state index in [4.69, 9.17) is 23.2 Å². The molecule has 0 fully saturated rings. The Morgan fingerprint density at radius 1 is 1.00 bits per heavy atom. The first-order valence-corrected chi connectivity index (χ1v) is 6.46. The summed E-state index contributed by atoms with van der Waals surface area (Å²) in [5, 5.41) is 3.70. The highest BCUT2D eigenvalue weighted by atomic mass is 35.5. The molecule has 6 heteroatoms. The van der Waals surface area contributed by atoms with E-state index in [-0.39, 0.29) is 5.56 Å². The molecule has 0 amide bonds. The molecule has 2 aromatic rings. The van der Waals surface area contributed by atoms with E-state index in [1.54, 1.807) is 25.2 Å². The van der Waals surface area contributed by atoms with E-state index < -0.39 is 23.5 Å². The number of halogens is 5. The van der Waals surface area contributed by atoms with E-state index in [2.05, 4.69) is 5.32 Å². The summed E-state index contributed by atoms with van der Waals surface area (Å²) >= 11 is 12.0. The summed E-state index contributed by atoms with van der Waals surface area (Å²) in [5.41, 5.74) is 0.764. The molecule has 106 valence electrons. The van der Waals surface area contributed by atoms with Crippen LogP contribution in [0.1, 0.15) is 17.2 Å². The molecule has 0 aromatic heterocycles. The topological polar surface area (TPSA) is 12.0 Å². The highest BCUT2D eigenvalue weighted by Gasteiger charge is 2.20. The van der Waals surface area contributed by atoms with Gasteiger partial charge in [-0.05, 0) is 48.5 Å². The zero-order valence-electron chi connectivity index (χ0n) is 10.4. The Hall–Kier alpha value is -1.23. The van der Waals surface area contributed by atoms with Crippen molar-refractivity contribution in [2.75, 3.05) is 7.05 Å². The molecule has 0 saturated carbocycles. The maximum atomic E-state index is 13.3. The van der Waals surface area contributed by atoms with Crippen molar-refractivity contribution in [3.05, 3.63) is 69.0 Å². The third kappa shape index (κ3) is 2.92. The molecule has 0 aliphatic carbocycles. The van der Waals surface area contributed by atoms with Crippen LogP contribution in [-0.2, 0) is 0 Å². The Morgan fingerprint density at radius 3 is 2.15 bits per heavy atom. The smallest absolute Gasteiger partial charge is 0.194 e. The summed E-state index contributed by atoms with van der Waals surface area (Å²) in [6, 6.07) is 6.02. The van der Waals surface area contributed by atoms with Gasteiger partial charge in [0.1, 0.15) is 0 Å². The van der Waals surface area contributed by atoms with Crippen LogP contribution < -0.4 is 5.32 Å². The molecule has 2 rings (SSSR count). The largest absolute Gasteiger partial charge is 0.309 e. The molecule has 1 unspecified atom stereocenters. The fraction of sp³-hybridized carbons (Fsp3) is 0.143. The van der Waals surface area contributed by atoms with Gasteiger partial charge in [-0.3, -0.25) is 0 Å². The Kier molecular flexibility index (Phi) is 4.58. The molecular formula is C14H10Cl2F3N. The molecule has 0 aliphatic rings. The number of rotatable bonds is 3. The lowest BCUT2D eigenvalue weighted by molar-refractivity contribution is 0.443. The van der Waals surface area contributed by atoms with Gasteiger partial charge in [0.2, 0.25) is 0 Å². The van der Waals surface area contributed by atoms with Gasteiger partial charge in [-0.2, -0.15) is 0 Å². The van der Waals surface area contributed by atoms with Gasteiger partial charge in [-0.1, -0.05) is 23.2 Å². The maximum absolute atomic E-state index is 13.3. The van der Waals surface area contributed by atoms with E-state index in [9.17, 15) is 13.2 Å². The van der Waals surface area contributed by atoms with E-state index in [1.165, 1.54) is 0 Å². The first-order chi connectivity index (χ1) is 9.43. The van der Waals surface area contributed by atoms with Crippen LogP contribution in [0.5, 0.6) is 0 Å². The molecule has 1 atom stereocenters. The lowest BCUT2D eigenvalue weighted by atomic mass is 9.98. The van der Waals surface area contributed by atoms with Crippen molar-refractivity contribution < 1.29 is 13.2 Å². The van der Waals surface area contributed by atoms with Crippen LogP contribution in [0.25, 0.3) is 0 Å². The van der Waals surface area contributed by atoms with Crippen LogP contribution in [-0.4, -0.2) is 7.05 Å². The van der Waals surface area contributed by atoms with Crippen molar-refractivity contribution in [3.63, 3.8) is 0 Å². The zero-order valence-corrected chi connectivity index (χ0v) is 11.9. The fourth-order valence-corrected chi connectivity index (χ4v) is 2.39. The normalized spacial score (nSPS) is 12.5. The van der Waals surface area contributed by atoms with Crippen molar-refractivity contribution in [1.29, 1.82) is 0 Å². The minimum absolute atomic E-state index is 0.216. The minimum atomic E-state index is -1.50. The second-order valence-electron chi connectivity index (χ2n) is 4.19. The number of hydrogen-bond donors (Lipinski definition) is 1. The molecule has 0 aliphatic heterocycles. The fourth-order valence-electron chi connectivity index (χ4n) is 1.98. The van der Waals surface area contributed by atoms with E-state index in [0.717, 1.165) is 12.1 Å². The van der Waals surface area contributed by atoms with Crippen molar-refractivity contribution in [1.82, 2.24) is 5.32 Å². The van der Waals surface area contributed by atoms with Gasteiger partial charge >= 0.3 is 0 Å². The second kappa shape index (κ2) is 6.04. The summed E-state index contributed by atoms with van der Waals surface area (Å²) in [4.78, 5) is 0. The van der Waals surface area contributed by atoms with Gasteiger partial charge in [0.15, 0.2) is 17.5 Å². The summed E-state index contributed by atoms with van der Waals surface area (Å²) in [6.45, 7) is 0. The third-order valence-electron chi connectivity index (χ3n) is 2.90.